The Hall–Kier alpha value is -1.03. The zero-order valence-electron chi connectivity index (χ0n) is 13.6. The average Bonchev–Trinajstić information content (AvgIpc) is 2.88. The van der Waals surface area contributed by atoms with Gasteiger partial charge in [0.2, 0.25) is 0 Å². The van der Waals surface area contributed by atoms with Crippen molar-refractivity contribution in [1.29, 1.82) is 0 Å². The Morgan fingerprint density at radius 3 is 2.70 bits per heavy atom. The van der Waals surface area contributed by atoms with E-state index in [-0.39, 0.29) is 0 Å². The van der Waals surface area contributed by atoms with E-state index in [2.05, 4.69) is 60.5 Å². The van der Waals surface area contributed by atoms with Gasteiger partial charge in [-0.3, -0.25) is 4.99 Å². The Morgan fingerprint density at radius 2 is 2.15 bits per heavy atom. The van der Waals surface area contributed by atoms with E-state index in [1.807, 2.05) is 18.4 Å². The van der Waals surface area contributed by atoms with Gasteiger partial charge in [-0.1, -0.05) is 26.8 Å². The molecule has 4 heteroatoms. The fourth-order valence-corrected chi connectivity index (χ4v) is 2.74. The summed E-state index contributed by atoms with van der Waals surface area (Å²) in [5.41, 5.74) is 0.413. The van der Waals surface area contributed by atoms with Gasteiger partial charge in [0, 0.05) is 32.1 Å². The first-order valence-corrected chi connectivity index (χ1v) is 8.24. The molecule has 0 radical (unpaired) electrons. The van der Waals surface area contributed by atoms with Crippen molar-refractivity contribution in [3.05, 3.63) is 22.4 Å². The second kappa shape index (κ2) is 8.30. The summed E-state index contributed by atoms with van der Waals surface area (Å²) in [5, 5.41) is 5.59. The lowest BCUT2D eigenvalue weighted by molar-refractivity contribution is 0.363. The van der Waals surface area contributed by atoms with Crippen LogP contribution in [0.2, 0.25) is 0 Å². The van der Waals surface area contributed by atoms with E-state index in [1.165, 1.54) is 17.7 Å². The molecule has 0 aliphatic heterocycles. The highest BCUT2D eigenvalue weighted by Gasteiger charge is 2.10. The third-order valence-electron chi connectivity index (χ3n) is 3.23. The zero-order chi connectivity index (χ0) is 15.0. The molecule has 0 saturated carbocycles. The van der Waals surface area contributed by atoms with Gasteiger partial charge in [0.15, 0.2) is 5.96 Å². The third kappa shape index (κ3) is 6.94. The molecule has 1 aromatic rings. The Bertz CT molecular complexity index is 390. The molecule has 0 bridgehead atoms. The number of nitrogens with zero attached hydrogens (tertiary/aromatic N) is 2. The maximum absolute atomic E-state index is 4.36. The van der Waals surface area contributed by atoms with Crippen molar-refractivity contribution in [3.63, 3.8) is 0 Å². The Kier molecular flexibility index (Phi) is 7.06. The molecule has 20 heavy (non-hydrogen) atoms. The van der Waals surface area contributed by atoms with Crippen LogP contribution < -0.4 is 5.32 Å². The minimum atomic E-state index is 0.413. The average molecular weight is 295 g/mol. The van der Waals surface area contributed by atoms with Crippen LogP contribution in [0.1, 0.15) is 38.5 Å². The van der Waals surface area contributed by atoms with E-state index >= 15 is 0 Å². The van der Waals surface area contributed by atoms with Gasteiger partial charge in [-0.2, -0.15) is 0 Å². The number of hydrogen-bond acceptors (Lipinski definition) is 2. The highest BCUT2D eigenvalue weighted by molar-refractivity contribution is 7.09. The summed E-state index contributed by atoms with van der Waals surface area (Å²) in [4.78, 5) is 7.99. The number of nitrogens with one attached hydrogen (secondary N) is 1. The highest BCUT2D eigenvalue weighted by Crippen LogP contribution is 2.19. The topological polar surface area (TPSA) is 27.6 Å². The van der Waals surface area contributed by atoms with Crippen LogP contribution >= 0.6 is 11.3 Å². The van der Waals surface area contributed by atoms with Crippen molar-refractivity contribution in [3.8, 4) is 0 Å². The van der Waals surface area contributed by atoms with Crippen molar-refractivity contribution in [2.75, 3.05) is 27.2 Å². The molecule has 0 atom stereocenters. The number of aliphatic imine (C=N–C) groups is 1. The van der Waals surface area contributed by atoms with Crippen LogP contribution in [-0.2, 0) is 6.42 Å². The molecule has 1 rings (SSSR count). The Balaban J connectivity index is 2.27. The summed E-state index contributed by atoms with van der Waals surface area (Å²) in [6, 6.07) is 4.30. The van der Waals surface area contributed by atoms with E-state index in [4.69, 9.17) is 0 Å². The van der Waals surface area contributed by atoms with Crippen LogP contribution in [0.15, 0.2) is 22.5 Å². The van der Waals surface area contributed by atoms with Gasteiger partial charge in [0.25, 0.3) is 0 Å². The third-order valence-corrected chi connectivity index (χ3v) is 4.17. The van der Waals surface area contributed by atoms with Crippen LogP contribution in [0, 0.1) is 5.41 Å². The summed E-state index contributed by atoms with van der Waals surface area (Å²) in [6.45, 7) is 8.85. The van der Waals surface area contributed by atoms with Gasteiger partial charge in [0.05, 0.1) is 0 Å². The van der Waals surface area contributed by atoms with E-state index in [1.54, 1.807) is 0 Å². The molecule has 0 amide bonds. The Morgan fingerprint density at radius 1 is 1.40 bits per heavy atom. The minimum Gasteiger partial charge on any atom is -0.356 e. The van der Waals surface area contributed by atoms with Crippen molar-refractivity contribution < 1.29 is 0 Å². The van der Waals surface area contributed by atoms with Crippen molar-refractivity contribution in [1.82, 2.24) is 10.2 Å². The molecule has 0 aliphatic rings. The van der Waals surface area contributed by atoms with Gasteiger partial charge in [0.1, 0.15) is 0 Å². The predicted molar refractivity (Wildman–Crippen MR) is 90.7 cm³/mol. The van der Waals surface area contributed by atoms with Crippen LogP contribution in [0.5, 0.6) is 0 Å². The molecule has 1 heterocycles. The largest absolute Gasteiger partial charge is 0.356 e. The first-order valence-electron chi connectivity index (χ1n) is 7.36. The minimum absolute atomic E-state index is 0.413. The molecule has 0 aromatic carbocycles. The molecule has 0 spiro atoms. The van der Waals surface area contributed by atoms with Crippen molar-refractivity contribution in [2.45, 2.75) is 40.0 Å². The summed E-state index contributed by atoms with van der Waals surface area (Å²) < 4.78 is 0. The van der Waals surface area contributed by atoms with Crippen LogP contribution in [0.25, 0.3) is 0 Å². The maximum Gasteiger partial charge on any atom is 0.193 e. The first-order chi connectivity index (χ1) is 9.42. The van der Waals surface area contributed by atoms with Gasteiger partial charge < -0.3 is 10.2 Å². The quantitative estimate of drug-likeness (QED) is 0.493. The predicted octanol–water partition coefficient (Wildman–Crippen LogP) is 3.62. The molecule has 0 aliphatic carbocycles. The smallest absolute Gasteiger partial charge is 0.193 e. The lowest BCUT2D eigenvalue weighted by atomic mass is 9.91. The lowest BCUT2D eigenvalue weighted by Crippen LogP contribution is -2.40. The molecule has 3 nitrogen and oxygen atoms in total. The number of rotatable bonds is 6. The number of likely N-dealkylation sites (N-methyl/N-ethyl adjacent to an activating group) is 1. The summed E-state index contributed by atoms with van der Waals surface area (Å²) in [6.07, 6.45) is 3.49. The van der Waals surface area contributed by atoms with Crippen LogP contribution in [0.4, 0.5) is 0 Å². The van der Waals surface area contributed by atoms with Crippen LogP contribution in [-0.4, -0.2) is 38.0 Å². The number of hydrogen-bond donors (Lipinski definition) is 1. The molecule has 1 N–H and O–H groups in total. The second-order valence-electron chi connectivity index (χ2n) is 6.39. The number of thiophene rings is 1. The van der Waals surface area contributed by atoms with E-state index in [0.29, 0.717) is 5.41 Å². The standard InChI is InChI=1S/C16H29N3S/c1-16(2,3)10-7-11-18-15(17-4)19(5)12-9-14-8-6-13-20-14/h6,8,13H,7,9-12H2,1-5H3,(H,17,18). The van der Waals surface area contributed by atoms with Gasteiger partial charge >= 0.3 is 0 Å². The molecule has 0 unspecified atom stereocenters. The fourth-order valence-electron chi connectivity index (χ4n) is 2.04. The Labute approximate surface area is 128 Å². The van der Waals surface area contributed by atoms with Gasteiger partial charge in [-0.05, 0) is 36.1 Å². The second-order valence-corrected chi connectivity index (χ2v) is 7.42. The zero-order valence-corrected chi connectivity index (χ0v) is 14.4. The van der Waals surface area contributed by atoms with E-state index < -0.39 is 0 Å². The summed E-state index contributed by atoms with van der Waals surface area (Å²) in [7, 11) is 3.96. The van der Waals surface area contributed by atoms with E-state index in [0.717, 1.165) is 25.5 Å². The van der Waals surface area contributed by atoms with Gasteiger partial charge in [-0.25, -0.2) is 0 Å². The molecule has 0 saturated heterocycles. The highest BCUT2D eigenvalue weighted by atomic mass is 32.1. The van der Waals surface area contributed by atoms with Crippen molar-refractivity contribution >= 4 is 17.3 Å². The van der Waals surface area contributed by atoms with Gasteiger partial charge in [-0.15, -0.1) is 11.3 Å². The van der Waals surface area contributed by atoms with Crippen molar-refractivity contribution in [2.24, 2.45) is 10.4 Å². The summed E-state index contributed by atoms with van der Waals surface area (Å²) in [5.74, 6) is 0.996. The fraction of sp³-hybridized carbons (Fsp3) is 0.688. The first kappa shape index (κ1) is 17.0. The SMILES string of the molecule is CN=C(NCCCC(C)(C)C)N(C)CCc1cccs1. The molecule has 0 fully saturated rings. The maximum atomic E-state index is 4.36. The number of guanidine groups is 1. The molecular formula is C16H29N3S. The summed E-state index contributed by atoms with van der Waals surface area (Å²) >= 11 is 1.82. The molecule has 1 aromatic heterocycles. The normalized spacial score (nSPS) is 12.6. The molecular weight excluding hydrogens is 266 g/mol. The lowest BCUT2D eigenvalue weighted by Gasteiger charge is -2.23. The van der Waals surface area contributed by atoms with E-state index in [9.17, 15) is 0 Å². The van der Waals surface area contributed by atoms with Crippen LogP contribution in [0.3, 0.4) is 0 Å². The monoisotopic (exact) mass is 295 g/mol. The molecule has 114 valence electrons.